The number of aliphatic carboxylic acids is 1. The lowest BCUT2D eigenvalue weighted by molar-refractivity contribution is -0.130. The zero-order chi connectivity index (χ0) is 14.5. The van der Waals surface area contributed by atoms with Crippen molar-refractivity contribution in [1.82, 2.24) is 15.2 Å². The molecule has 2 aromatic rings. The van der Waals surface area contributed by atoms with Crippen LogP contribution in [0.2, 0.25) is 0 Å². The molecule has 0 atom stereocenters. The summed E-state index contributed by atoms with van der Waals surface area (Å²) in [4.78, 5) is 25.1. The lowest BCUT2D eigenvalue weighted by Gasteiger charge is -1.97. The molecular weight excluding hydrogens is 260 g/mol. The summed E-state index contributed by atoms with van der Waals surface area (Å²) in [5, 5.41) is 14.7. The molecule has 2 rings (SSSR count). The van der Waals surface area contributed by atoms with Gasteiger partial charge in [-0.05, 0) is 17.7 Å². The van der Waals surface area contributed by atoms with Gasteiger partial charge < -0.3 is 10.8 Å². The number of aromatic amines is 1. The third-order valence-electron chi connectivity index (χ3n) is 2.39. The van der Waals surface area contributed by atoms with E-state index in [-0.39, 0.29) is 5.82 Å². The average Bonchev–Trinajstić information content (AvgIpc) is 2.86. The third-order valence-corrected chi connectivity index (χ3v) is 2.39. The highest BCUT2D eigenvalue weighted by molar-refractivity contribution is 5.88. The van der Waals surface area contributed by atoms with Crippen molar-refractivity contribution in [2.24, 2.45) is 5.73 Å². The number of hydrogen-bond acceptors (Lipinski definition) is 4. The molecule has 0 spiro atoms. The van der Waals surface area contributed by atoms with Gasteiger partial charge in [0.25, 0.3) is 5.91 Å². The van der Waals surface area contributed by atoms with Gasteiger partial charge in [-0.1, -0.05) is 18.1 Å². The zero-order valence-corrected chi connectivity index (χ0v) is 10.3. The summed E-state index contributed by atoms with van der Waals surface area (Å²) in [6.45, 7) is 0. The number of nitrogens with two attached hydrogens (primary N) is 1. The third kappa shape index (κ3) is 3.43. The zero-order valence-electron chi connectivity index (χ0n) is 10.3. The van der Waals surface area contributed by atoms with E-state index < -0.39 is 11.9 Å². The molecule has 0 aliphatic heterocycles. The number of primary amides is 1. The summed E-state index contributed by atoms with van der Waals surface area (Å²) < 4.78 is 0. The minimum atomic E-state index is -1.17. The first-order valence-electron chi connectivity index (χ1n) is 5.59. The molecule has 0 fully saturated rings. The Morgan fingerprint density at radius 3 is 2.55 bits per heavy atom. The quantitative estimate of drug-likeness (QED) is 0.674. The van der Waals surface area contributed by atoms with Crippen molar-refractivity contribution < 1.29 is 14.7 Å². The van der Waals surface area contributed by atoms with Gasteiger partial charge in [-0.25, -0.2) is 9.78 Å². The summed E-state index contributed by atoms with van der Waals surface area (Å²) in [5.41, 5.74) is 6.57. The predicted molar refractivity (Wildman–Crippen MR) is 68.7 cm³/mol. The van der Waals surface area contributed by atoms with Gasteiger partial charge in [0.1, 0.15) is 5.82 Å². The van der Waals surface area contributed by atoms with E-state index in [4.69, 9.17) is 10.8 Å². The van der Waals surface area contributed by atoms with E-state index >= 15 is 0 Å². The second-order valence-corrected chi connectivity index (χ2v) is 3.90. The molecule has 0 aliphatic carbocycles. The molecule has 1 amide bonds. The fraction of sp³-hybridized carbons (Fsp3) is 0.0769. The molecule has 1 aromatic heterocycles. The summed E-state index contributed by atoms with van der Waals surface area (Å²) in [5.74, 6) is 3.15. The molecule has 0 aliphatic rings. The Hall–Kier alpha value is -3.14. The molecule has 100 valence electrons. The lowest BCUT2D eigenvalue weighted by Crippen LogP contribution is -2.12. The molecule has 1 heterocycles. The number of nitrogens with one attached hydrogen (secondary N) is 1. The number of rotatable bonds is 3. The summed E-state index contributed by atoms with van der Waals surface area (Å²) in [7, 11) is 0. The van der Waals surface area contributed by atoms with Crippen molar-refractivity contribution in [2.75, 3.05) is 0 Å². The van der Waals surface area contributed by atoms with Crippen molar-refractivity contribution in [3.05, 3.63) is 47.0 Å². The number of amides is 1. The number of carbonyl (C=O) groups excluding carboxylic acids is 1. The molecular formula is C13H10N4O3. The standard InChI is InChI=1S/C13H10N4O3/c14-12(20)13-15-10(16-17-13)7-9-3-1-8(2-4-9)5-6-11(18)19/h1-4H,7H2,(H2,14,20)(H,18,19)(H,15,16,17). The number of hydrogen-bond donors (Lipinski definition) is 3. The highest BCUT2D eigenvalue weighted by Crippen LogP contribution is 2.07. The van der Waals surface area contributed by atoms with Crippen molar-refractivity contribution in [3.8, 4) is 11.8 Å². The molecule has 0 radical (unpaired) electrons. The van der Waals surface area contributed by atoms with Gasteiger partial charge in [-0.2, -0.15) is 0 Å². The smallest absolute Gasteiger partial charge is 0.382 e. The summed E-state index contributed by atoms with van der Waals surface area (Å²) in [6, 6.07) is 6.99. The molecule has 0 saturated heterocycles. The van der Waals surface area contributed by atoms with Crippen LogP contribution in [0.3, 0.4) is 0 Å². The maximum absolute atomic E-state index is 10.9. The molecule has 0 bridgehead atoms. The molecule has 0 saturated carbocycles. The van der Waals surface area contributed by atoms with Crippen LogP contribution in [0.4, 0.5) is 0 Å². The van der Waals surface area contributed by atoms with E-state index in [9.17, 15) is 9.59 Å². The SMILES string of the molecule is NC(=O)c1n[nH]c(Cc2ccc(C#CC(=O)O)cc2)n1. The first-order chi connectivity index (χ1) is 9.54. The van der Waals surface area contributed by atoms with Crippen molar-refractivity contribution in [1.29, 1.82) is 0 Å². The van der Waals surface area contributed by atoms with E-state index in [1.165, 1.54) is 0 Å². The topological polar surface area (TPSA) is 122 Å². The van der Waals surface area contributed by atoms with Crippen LogP contribution in [0.1, 0.15) is 27.6 Å². The minimum Gasteiger partial charge on any atom is -0.472 e. The molecule has 7 heteroatoms. The largest absolute Gasteiger partial charge is 0.472 e. The summed E-state index contributed by atoms with van der Waals surface area (Å²) in [6.07, 6.45) is 0.451. The molecule has 4 N–H and O–H groups in total. The monoisotopic (exact) mass is 270 g/mol. The van der Waals surface area contributed by atoms with Crippen molar-refractivity contribution >= 4 is 11.9 Å². The Labute approximate surface area is 113 Å². The normalized spacial score (nSPS) is 9.60. The van der Waals surface area contributed by atoms with Gasteiger partial charge in [-0.15, -0.1) is 5.10 Å². The van der Waals surface area contributed by atoms with Crippen molar-refractivity contribution in [3.63, 3.8) is 0 Å². The highest BCUT2D eigenvalue weighted by atomic mass is 16.4. The number of nitrogens with zero attached hydrogens (tertiary/aromatic N) is 2. The van der Waals surface area contributed by atoms with Crippen LogP contribution < -0.4 is 5.73 Å². The Morgan fingerprint density at radius 1 is 1.30 bits per heavy atom. The fourth-order valence-electron chi connectivity index (χ4n) is 1.51. The number of benzene rings is 1. The number of H-pyrrole nitrogens is 1. The van der Waals surface area contributed by atoms with E-state index in [1.807, 2.05) is 5.92 Å². The minimum absolute atomic E-state index is 0.0519. The van der Waals surface area contributed by atoms with Crippen LogP contribution in [0, 0.1) is 11.8 Å². The van der Waals surface area contributed by atoms with Gasteiger partial charge in [0.2, 0.25) is 5.82 Å². The van der Waals surface area contributed by atoms with Crippen LogP contribution in [0.5, 0.6) is 0 Å². The van der Waals surface area contributed by atoms with Crippen LogP contribution in [-0.2, 0) is 11.2 Å². The Morgan fingerprint density at radius 2 is 2.00 bits per heavy atom. The Bertz CT molecular complexity index is 707. The lowest BCUT2D eigenvalue weighted by atomic mass is 10.1. The number of carboxylic acids is 1. The number of carbonyl (C=O) groups is 2. The van der Waals surface area contributed by atoms with E-state index in [0.29, 0.717) is 17.8 Å². The van der Waals surface area contributed by atoms with Gasteiger partial charge in [0, 0.05) is 17.9 Å². The van der Waals surface area contributed by atoms with Crippen LogP contribution >= 0.6 is 0 Å². The maximum atomic E-state index is 10.9. The Kier molecular flexibility index (Phi) is 3.77. The van der Waals surface area contributed by atoms with Gasteiger partial charge >= 0.3 is 5.97 Å². The molecule has 1 aromatic carbocycles. The number of carboxylic acid groups (broad SMARTS) is 1. The van der Waals surface area contributed by atoms with Gasteiger partial charge in [0.05, 0.1) is 0 Å². The first kappa shape index (κ1) is 13.3. The molecule has 0 unspecified atom stereocenters. The second-order valence-electron chi connectivity index (χ2n) is 3.90. The van der Waals surface area contributed by atoms with Gasteiger partial charge in [-0.3, -0.25) is 9.89 Å². The molecule has 20 heavy (non-hydrogen) atoms. The first-order valence-corrected chi connectivity index (χ1v) is 5.59. The van der Waals surface area contributed by atoms with Crippen molar-refractivity contribution in [2.45, 2.75) is 6.42 Å². The Balaban J connectivity index is 2.09. The van der Waals surface area contributed by atoms with Crippen LogP contribution in [-0.4, -0.2) is 32.2 Å². The maximum Gasteiger partial charge on any atom is 0.382 e. The molecule has 7 nitrogen and oxygen atoms in total. The summed E-state index contributed by atoms with van der Waals surface area (Å²) >= 11 is 0. The van der Waals surface area contributed by atoms with Gasteiger partial charge in [0.15, 0.2) is 0 Å². The van der Waals surface area contributed by atoms with E-state index in [1.54, 1.807) is 24.3 Å². The van der Waals surface area contributed by atoms with Crippen LogP contribution in [0.25, 0.3) is 0 Å². The predicted octanol–water partition coefficient (Wildman–Crippen LogP) is -0.0695. The second kappa shape index (κ2) is 5.67. The highest BCUT2D eigenvalue weighted by Gasteiger charge is 2.08. The fourth-order valence-corrected chi connectivity index (χ4v) is 1.51. The van der Waals surface area contributed by atoms with Crippen LogP contribution in [0.15, 0.2) is 24.3 Å². The van der Waals surface area contributed by atoms with E-state index in [2.05, 4.69) is 21.1 Å². The van der Waals surface area contributed by atoms with E-state index in [0.717, 1.165) is 5.56 Å². The number of aromatic nitrogens is 3. The average molecular weight is 270 g/mol.